The van der Waals surface area contributed by atoms with Gasteiger partial charge >= 0.3 is 0 Å². The van der Waals surface area contributed by atoms with Gasteiger partial charge < -0.3 is 10.6 Å². The summed E-state index contributed by atoms with van der Waals surface area (Å²) in [5.41, 5.74) is 0. The van der Waals surface area contributed by atoms with Crippen LogP contribution in [0.5, 0.6) is 0 Å². The van der Waals surface area contributed by atoms with E-state index < -0.39 is 16.1 Å². The van der Waals surface area contributed by atoms with Gasteiger partial charge in [0.15, 0.2) is 0 Å². The van der Waals surface area contributed by atoms with Crippen molar-refractivity contribution in [3.05, 3.63) is 17.5 Å². The van der Waals surface area contributed by atoms with Crippen LogP contribution < -0.4 is 15.4 Å². The average Bonchev–Trinajstić information content (AvgIpc) is 3.00. The van der Waals surface area contributed by atoms with Crippen molar-refractivity contribution in [2.75, 3.05) is 13.1 Å². The normalized spacial score (nSPS) is 20.1. The molecule has 0 saturated carbocycles. The van der Waals surface area contributed by atoms with E-state index in [1.54, 1.807) is 18.4 Å². The van der Waals surface area contributed by atoms with E-state index in [1.807, 2.05) is 0 Å². The largest absolute Gasteiger partial charge is 0.351 e. The van der Waals surface area contributed by atoms with E-state index >= 15 is 0 Å². The highest BCUT2D eigenvalue weighted by atomic mass is 35.5. The minimum atomic E-state index is -3.60. The summed E-state index contributed by atoms with van der Waals surface area (Å²) in [6, 6.07) is 2.47. The lowest BCUT2D eigenvalue weighted by atomic mass is 10.2. The molecule has 0 aliphatic carbocycles. The first-order valence-electron chi connectivity index (χ1n) is 6.06. The predicted molar refractivity (Wildman–Crippen MR) is 80.8 cm³/mol. The maximum absolute atomic E-state index is 12.0. The van der Waals surface area contributed by atoms with Gasteiger partial charge in [0.2, 0.25) is 5.91 Å². The molecule has 6 nitrogen and oxygen atoms in total. The second-order valence-corrected chi connectivity index (χ2v) is 7.36. The van der Waals surface area contributed by atoms with Gasteiger partial charge in [-0.25, -0.2) is 8.42 Å². The van der Waals surface area contributed by atoms with Crippen molar-refractivity contribution in [3.63, 3.8) is 0 Å². The molecule has 2 rings (SSSR count). The zero-order valence-electron chi connectivity index (χ0n) is 11.0. The van der Waals surface area contributed by atoms with E-state index in [0.29, 0.717) is 0 Å². The first-order chi connectivity index (χ1) is 8.99. The van der Waals surface area contributed by atoms with Crippen molar-refractivity contribution < 1.29 is 13.2 Å². The van der Waals surface area contributed by atoms with Crippen molar-refractivity contribution >= 4 is 39.7 Å². The number of hydrogen-bond acceptors (Lipinski definition) is 5. The molecule has 9 heteroatoms. The van der Waals surface area contributed by atoms with Gasteiger partial charge in [-0.15, -0.1) is 23.7 Å². The topological polar surface area (TPSA) is 87.3 Å². The Morgan fingerprint density at radius 1 is 1.55 bits per heavy atom. The summed E-state index contributed by atoms with van der Waals surface area (Å²) in [5, 5.41) is 7.64. The highest BCUT2D eigenvalue weighted by Gasteiger charge is 2.25. The lowest BCUT2D eigenvalue weighted by molar-refractivity contribution is -0.122. The fraction of sp³-hybridized carbons (Fsp3) is 0.545. The third-order valence-electron chi connectivity index (χ3n) is 2.89. The third kappa shape index (κ3) is 4.42. The summed E-state index contributed by atoms with van der Waals surface area (Å²) in [5.74, 6) is -0.297. The Balaban J connectivity index is 0.00000200. The standard InChI is InChI=1S/C11H17N3O3S2.ClH/c1-8(11(15)13-9-4-5-12-7-9)14-19(16,17)10-3-2-6-18-10;/h2-3,6,8-9,12,14H,4-5,7H2,1H3,(H,13,15);1H. The van der Waals surface area contributed by atoms with Crippen LogP contribution in [0.4, 0.5) is 0 Å². The van der Waals surface area contributed by atoms with Gasteiger partial charge in [0.05, 0.1) is 6.04 Å². The van der Waals surface area contributed by atoms with Crippen molar-refractivity contribution in [1.82, 2.24) is 15.4 Å². The molecule has 1 amide bonds. The van der Waals surface area contributed by atoms with Crippen LogP contribution in [-0.2, 0) is 14.8 Å². The van der Waals surface area contributed by atoms with Crippen LogP contribution in [0, 0.1) is 0 Å². The van der Waals surface area contributed by atoms with Crippen LogP contribution in [0.25, 0.3) is 0 Å². The van der Waals surface area contributed by atoms with Gasteiger partial charge in [0, 0.05) is 12.6 Å². The molecule has 1 aliphatic heterocycles. The fourth-order valence-electron chi connectivity index (χ4n) is 1.86. The zero-order chi connectivity index (χ0) is 13.9. The minimum Gasteiger partial charge on any atom is -0.351 e. The number of carbonyl (C=O) groups excluding carboxylic acids is 1. The summed E-state index contributed by atoms with van der Waals surface area (Å²) >= 11 is 1.12. The number of hydrogen-bond donors (Lipinski definition) is 3. The molecule has 0 bridgehead atoms. The molecule has 1 aromatic rings. The Bertz CT molecular complexity index is 527. The summed E-state index contributed by atoms with van der Waals surface area (Å²) in [7, 11) is -3.60. The molecular weight excluding hydrogens is 322 g/mol. The number of sulfonamides is 1. The first kappa shape index (κ1) is 17.4. The molecule has 1 fully saturated rings. The summed E-state index contributed by atoms with van der Waals surface area (Å²) < 4.78 is 26.5. The highest BCUT2D eigenvalue weighted by molar-refractivity contribution is 7.91. The predicted octanol–water partition coefficient (Wildman–Crippen LogP) is 0.315. The molecule has 2 heterocycles. The smallest absolute Gasteiger partial charge is 0.250 e. The van der Waals surface area contributed by atoms with Crippen LogP contribution >= 0.6 is 23.7 Å². The Hall–Kier alpha value is -0.670. The van der Waals surface area contributed by atoms with Gasteiger partial charge in [-0.05, 0) is 31.3 Å². The molecule has 1 aliphatic rings. The maximum atomic E-state index is 12.0. The van der Waals surface area contributed by atoms with Crippen molar-refractivity contribution in [3.8, 4) is 0 Å². The molecule has 0 radical (unpaired) electrons. The minimum absolute atomic E-state index is 0. The molecule has 2 atom stereocenters. The number of halogens is 1. The summed E-state index contributed by atoms with van der Waals surface area (Å²) in [6.07, 6.45) is 0.871. The molecule has 20 heavy (non-hydrogen) atoms. The summed E-state index contributed by atoms with van der Waals surface area (Å²) in [4.78, 5) is 11.9. The van der Waals surface area contributed by atoms with Gasteiger partial charge in [-0.2, -0.15) is 4.72 Å². The lowest BCUT2D eigenvalue weighted by Gasteiger charge is -2.17. The van der Waals surface area contributed by atoms with Crippen LogP contribution in [0.15, 0.2) is 21.7 Å². The maximum Gasteiger partial charge on any atom is 0.250 e. The Kier molecular flexibility index (Phi) is 6.41. The fourth-order valence-corrected chi connectivity index (χ4v) is 4.08. The monoisotopic (exact) mass is 339 g/mol. The van der Waals surface area contributed by atoms with Crippen LogP contribution in [0.2, 0.25) is 0 Å². The van der Waals surface area contributed by atoms with Crippen molar-refractivity contribution in [1.29, 1.82) is 0 Å². The lowest BCUT2D eigenvalue weighted by Crippen LogP contribution is -2.48. The molecular formula is C11H18ClN3O3S2. The van der Waals surface area contributed by atoms with E-state index in [1.165, 1.54) is 6.07 Å². The average molecular weight is 340 g/mol. The third-order valence-corrected chi connectivity index (χ3v) is 5.83. The van der Waals surface area contributed by atoms with E-state index in [2.05, 4.69) is 15.4 Å². The van der Waals surface area contributed by atoms with Crippen LogP contribution in [-0.4, -0.2) is 39.5 Å². The molecule has 114 valence electrons. The second-order valence-electron chi connectivity index (χ2n) is 4.47. The molecule has 2 unspecified atom stereocenters. The first-order valence-corrected chi connectivity index (χ1v) is 8.42. The van der Waals surface area contributed by atoms with E-state index in [4.69, 9.17) is 0 Å². The quantitative estimate of drug-likeness (QED) is 0.720. The van der Waals surface area contributed by atoms with E-state index in [-0.39, 0.29) is 28.6 Å². The molecule has 0 aromatic carbocycles. The van der Waals surface area contributed by atoms with Gasteiger partial charge in [0.1, 0.15) is 4.21 Å². The van der Waals surface area contributed by atoms with E-state index in [9.17, 15) is 13.2 Å². The number of nitrogens with one attached hydrogen (secondary N) is 3. The van der Waals surface area contributed by atoms with Crippen LogP contribution in [0.1, 0.15) is 13.3 Å². The number of amides is 1. The molecule has 0 spiro atoms. The van der Waals surface area contributed by atoms with E-state index in [0.717, 1.165) is 30.8 Å². The van der Waals surface area contributed by atoms with Crippen molar-refractivity contribution in [2.24, 2.45) is 0 Å². The van der Waals surface area contributed by atoms with Gasteiger partial charge in [-0.1, -0.05) is 6.07 Å². The van der Waals surface area contributed by atoms with Crippen molar-refractivity contribution in [2.45, 2.75) is 29.6 Å². The Labute approximate surface area is 128 Å². The number of rotatable bonds is 5. The zero-order valence-corrected chi connectivity index (χ0v) is 13.4. The summed E-state index contributed by atoms with van der Waals surface area (Å²) in [6.45, 7) is 3.15. The van der Waals surface area contributed by atoms with Gasteiger partial charge in [-0.3, -0.25) is 4.79 Å². The molecule has 1 aromatic heterocycles. The Morgan fingerprint density at radius 2 is 2.30 bits per heavy atom. The SMILES string of the molecule is CC(NS(=O)(=O)c1cccs1)C(=O)NC1CCNC1.Cl. The van der Waals surface area contributed by atoms with Gasteiger partial charge in [0.25, 0.3) is 10.0 Å². The van der Waals surface area contributed by atoms with Crippen LogP contribution in [0.3, 0.4) is 0 Å². The molecule has 3 N–H and O–H groups in total. The number of thiophene rings is 1. The second kappa shape index (κ2) is 7.37. The molecule has 1 saturated heterocycles. The Morgan fingerprint density at radius 3 is 2.85 bits per heavy atom. The highest BCUT2D eigenvalue weighted by Crippen LogP contribution is 2.15. The number of carbonyl (C=O) groups is 1.